The number of ether oxygens (including phenoxy) is 11. The van der Waals surface area contributed by atoms with Crippen LogP contribution in [0.5, 0.6) is 5.75 Å². The van der Waals surface area contributed by atoms with Crippen LogP contribution in [0.4, 0.5) is 0 Å². The number of carbonyl (C=O) groups excluding carboxylic acids is 8. The van der Waals surface area contributed by atoms with Crippen LogP contribution >= 0.6 is 11.6 Å². The SMILES string of the molecule is CC(=O)OC[C@H]1O[C@@H](NC(=O)c2ccc(OCCCCC#N)c(Cl)c2)[C@H](OC(C)=O)[C@@H](OC(C)=O)[C@@H]1O[C@H]1O[C@H](COC(C)=O)[C@@H](OC(C)=O)[C@H](OC(C)=O)[C@H]1OC(C)=O. The van der Waals surface area contributed by atoms with Gasteiger partial charge in [-0.25, -0.2) is 0 Å². The molecule has 3 rings (SSSR count). The fourth-order valence-electron chi connectivity index (χ4n) is 6.09. The summed E-state index contributed by atoms with van der Waals surface area (Å²) in [5, 5.41) is 11.4. The van der Waals surface area contributed by atoms with E-state index < -0.39 is 122 Å². The van der Waals surface area contributed by atoms with Gasteiger partial charge in [0.15, 0.2) is 43.0 Å². The lowest BCUT2D eigenvalue weighted by molar-refractivity contribution is -0.345. The summed E-state index contributed by atoms with van der Waals surface area (Å²) >= 11 is 6.40. The average molecular weight is 871 g/mol. The van der Waals surface area contributed by atoms with Crippen molar-refractivity contribution < 1.29 is 90.5 Å². The van der Waals surface area contributed by atoms with Crippen molar-refractivity contribution in [1.29, 1.82) is 5.26 Å². The van der Waals surface area contributed by atoms with E-state index in [1.807, 2.05) is 6.07 Å². The van der Waals surface area contributed by atoms with Gasteiger partial charge < -0.3 is 57.4 Å². The fraction of sp³-hybridized carbons (Fsp3) is 0.605. The van der Waals surface area contributed by atoms with Crippen molar-refractivity contribution in [2.45, 2.75) is 129 Å². The number of hydrogen-bond donors (Lipinski definition) is 1. The van der Waals surface area contributed by atoms with Crippen LogP contribution in [-0.4, -0.2) is 129 Å². The van der Waals surface area contributed by atoms with E-state index in [0.29, 0.717) is 19.3 Å². The number of esters is 7. The molecule has 1 aromatic rings. The van der Waals surface area contributed by atoms with Crippen molar-refractivity contribution in [3.8, 4) is 11.8 Å². The molecule has 0 aromatic heterocycles. The zero-order valence-corrected chi connectivity index (χ0v) is 34.6. The second-order valence-corrected chi connectivity index (χ2v) is 13.7. The van der Waals surface area contributed by atoms with Gasteiger partial charge in [-0.3, -0.25) is 38.4 Å². The number of hydrogen-bond acceptors (Lipinski definition) is 20. The van der Waals surface area contributed by atoms with Gasteiger partial charge in [-0.15, -0.1) is 0 Å². The summed E-state index contributed by atoms with van der Waals surface area (Å²) < 4.78 is 62.1. The van der Waals surface area contributed by atoms with Crippen molar-refractivity contribution >= 4 is 59.3 Å². The summed E-state index contributed by atoms with van der Waals surface area (Å²) in [5.41, 5.74) is -0.0153. The molecule has 0 bridgehead atoms. The summed E-state index contributed by atoms with van der Waals surface area (Å²) in [6, 6.07) is 6.15. The molecule has 21 nitrogen and oxygen atoms in total. The predicted molar refractivity (Wildman–Crippen MR) is 197 cm³/mol. The Kier molecular flexibility index (Phi) is 18.9. The van der Waals surface area contributed by atoms with Crippen LogP contribution in [0.3, 0.4) is 0 Å². The summed E-state index contributed by atoms with van der Waals surface area (Å²) in [5.74, 6) is -6.84. The number of carbonyl (C=O) groups is 8. The molecule has 10 atom stereocenters. The van der Waals surface area contributed by atoms with Crippen LogP contribution < -0.4 is 10.1 Å². The normalized spacial score (nSPS) is 25.9. The van der Waals surface area contributed by atoms with Gasteiger partial charge in [0.1, 0.15) is 37.3 Å². The predicted octanol–water partition coefficient (Wildman–Crippen LogP) is 1.76. The molecule has 2 aliphatic rings. The number of nitrogens with one attached hydrogen (secondary N) is 1. The molecule has 2 heterocycles. The van der Waals surface area contributed by atoms with Crippen LogP contribution in [0.1, 0.15) is 78.1 Å². The Hall–Kier alpha value is -5.56. The lowest BCUT2D eigenvalue weighted by atomic mass is 9.95. The van der Waals surface area contributed by atoms with Gasteiger partial charge in [0.2, 0.25) is 0 Å². The number of nitrogens with zero attached hydrogens (tertiary/aromatic N) is 1. The van der Waals surface area contributed by atoms with Crippen molar-refractivity contribution in [2.75, 3.05) is 19.8 Å². The van der Waals surface area contributed by atoms with E-state index in [4.69, 9.17) is 69.0 Å². The molecule has 330 valence electrons. The summed E-state index contributed by atoms with van der Waals surface area (Å²) in [6.07, 6.45) is -15.1. The van der Waals surface area contributed by atoms with E-state index in [2.05, 4.69) is 5.32 Å². The Morgan fingerprint density at radius 2 is 1.15 bits per heavy atom. The largest absolute Gasteiger partial charge is 0.492 e. The zero-order valence-electron chi connectivity index (χ0n) is 33.8. The first kappa shape index (κ1) is 48.8. The van der Waals surface area contributed by atoms with Crippen molar-refractivity contribution in [3.63, 3.8) is 0 Å². The van der Waals surface area contributed by atoms with Crippen LogP contribution in [0.2, 0.25) is 5.02 Å². The van der Waals surface area contributed by atoms with Crippen LogP contribution in [0.15, 0.2) is 18.2 Å². The van der Waals surface area contributed by atoms with E-state index in [1.165, 1.54) is 18.2 Å². The fourth-order valence-corrected chi connectivity index (χ4v) is 6.32. The van der Waals surface area contributed by atoms with Gasteiger partial charge in [0, 0.05) is 60.5 Å². The highest BCUT2D eigenvalue weighted by molar-refractivity contribution is 6.32. The number of unbranched alkanes of at least 4 members (excludes halogenated alkanes) is 2. The second-order valence-electron chi connectivity index (χ2n) is 13.3. The topological polar surface area (TPSA) is 274 Å². The minimum absolute atomic E-state index is 0.0153. The highest BCUT2D eigenvalue weighted by Gasteiger charge is 2.57. The first-order valence-electron chi connectivity index (χ1n) is 18.5. The smallest absolute Gasteiger partial charge is 0.303 e. The van der Waals surface area contributed by atoms with Gasteiger partial charge in [0.05, 0.1) is 17.7 Å². The molecule has 0 radical (unpaired) electrons. The van der Waals surface area contributed by atoms with E-state index >= 15 is 0 Å². The van der Waals surface area contributed by atoms with Gasteiger partial charge in [-0.1, -0.05) is 11.6 Å². The molecule has 1 N–H and O–H groups in total. The zero-order chi connectivity index (χ0) is 44.7. The third kappa shape index (κ3) is 14.9. The minimum atomic E-state index is -1.88. The Morgan fingerprint density at radius 1 is 0.650 bits per heavy atom. The lowest BCUT2D eigenvalue weighted by Crippen LogP contribution is -2.68. The van der Waals surface area contributed by atoms with Gasteiger partial charge in [-0.05, 0) is 31.0 Å². The van der Waals surface area contributed by atoms with Gasteiger partial charge in [-0.2, -0.15) is 5.26 Å². The van der Waals surface area contributed by atoms with E-state index in [1.54, 1.807) is 0 Å². The molecule has 0 saturated carbocycles. The monoisotopic (exact) mass is 870 g/mol. The van der Waals surface area contributed by atoms with Crippen LogP contribution in [0.25, 0.3) is 0 Å². The molecule has 0 unspecified atom stereocenters. The molecule has 2 fully saturated rings. The molecule has 0 aliphatic carbocycles. The third-order valence-electron chi connectivity index (χ3n) is 8.34. The number of benzene rings is 1. The Morgan fingerprint density at radius 3 is 1.67 bits per heavy atom. The quantitative estimate of drug-likeness (QED) is 0.125. The molecule has 60 heavy (non-hydrogen) atoms. The summed E-state index contributed by atoms with van der Waals surface area (Å²) in [7, 11) is 0. The molecular formula is C38H47ClN2O19. The maximum absolute atomic E-state index is 13.7. The molecule has 2 aliphatic heterocycles. The maximum atomic E-state index is 13.7. The molecule has 22 heteroatoms. The standard InChI is InChI=1S/C38H47ClN2O19/c1-18(42)51-16-28-31(60-38-35(57-24(7)48)33(55-22(5)46)30(53-20(3)44)29(59-38)17-52-19(2)43)32(54-21(4)45)34(56-23(6)47)37(58-28)41-36(49)25-11-12-27(26(39)15-25)50-14-10-8-9-13-40/h11-12,15,28-35,37-38H,8-10,14,16-17H2,1-7H3,(H,41,49)/t28-,29-,30-,31-,32+,33+,34-,35-,37-,38-/m1/s1. The number of amides is 1. The van der Waals surface area contributed by atoms with E-state index in [-0.39, 0.29) is 22.9 Å². The average Bonchev–Trinajstić information content (AvgIpc) is 3.14. The van der Waals surface area contributed by atoms with Gasteiger partial charge >= 0.3 is 41.8 Å². The highest BCUT2D eigenvalue weighted by atomic mass is 35.5. The minimum Gasteiger partial charge on any atom is -0.492 e. The first-order valence-corrected chi connectivity index (χ1v) is 18.9. The van der Waals surface area contributed by atoms with E-state index in [9.17, 15) is 38.4 Å². The van der Waals surface area contributed by atoms with Crippen molar-refractivity contribution in [3.05, 3.63) is 28.8 Å². The Labute approximate surface area is 349 Å². The molecular weight excluding hydrogens is 824 g/mol. The van der Waals surface area contributed by atoms with Gasteiger partial charge in [0.25, 0.3) is 5.91 Å². The molecule has 2 saturated heterocycles. The number of rotatable bonds is 18. The van der Waals surface area contributed by atoms with Crippen LogP contribution in [0, 0.1) is 11.3 Å². The summed E-state index contributed by atoms with van der Waals surface area (Å²) in [4.78, 5) is 100. The van der Waals surface area contributed by atoms with Crippen molar-refractivity contribution in [1.82, 2.24) is 5.32 Å². The first-order chi connectivity index (χ1) is 28.3. The Balaban J connectivity index is 2.10. The second kappa shape index (κ2) is 23.3. The van der Waals surface area contributed by atoms with Crippen molar-refractivity contribution in [2.24, 2.45) is 0 Å². The molecule has 0 spiro atoms. The molecule has 1 aromatic carbocycles. The van der Waals surface area contributed by atoms with E-state index in [0.717, 1.165) is 48.5 Å². The third-order valence-corrected chi connectivity index (χ3v) is 8.63. The molecule has 1 amide bonds. The Bertz CT molecular complexity index is 1780. The maximum Gasteiger partial charge on any atom is 0.303 e. The van der Waals surface area contributed by atoms with Crippen LogP contribution in [-0.2, 0) is 80.9 Å². The summed E-state index contributed by atoms with van der Waals surface area (Å²) in [6.45, 7) is 6.21. The highest BCUT2D eigenvalue weighted by Crippen LogP contribution is 2.35. The lowest BCUT2D eigenvalue weighted by Gasteiger charge is -2.48. The number of nitriles is 1. The number of halogens is 1.